The van der Waals surface area contributed by atoms with Gasteiger partial charge in [-0.1, -0.05) is 17.7 Å². The van der Waals surface area contributed by atoms with Gasteiger partial charge >= 0.3 is 0 Å². The third-order valence-corrected chi connectivity index (χ3v) is 3.04. The molecule has 1 aromatic carbocycles. The SMILES string of the molecule is Cn1cc(NC(=O)c2cccc(N)c2Cl)ccc1=O. The molecule has 0 radical (unpaired) electrons. The van der Waals surface area contributed by atoms with Crippen LogP contribution in [0.2, 0.25) is 5.02 Å². The van der Waals surface area contributed by atoms with Crippen LogP contribution in [-0.4, -0.2) is 10.5 Å². The smallest absolute Gasteiger partial charge is 0.257 e. The average molecular weight is 278 g/mol. The van der Waals surface area contributed by atoms with Crippen LogP contribution in [0.1, 0.15) is 10.4 Å². The van der Waals surface area contributed by atoms with Gasteiger partial charge in [-0.05, 0) is 18.2 Å². The summed E-state index contributed by atoms with van der Waals surface area (Å²) in [5, 5.41) is 2.87. The number of anilines is 2. The number of carbonyl (C=O) groups excluding carboxylic acids is 1. The maximum Gasteiger partial charge on any atom is 0.257 e. The molecule has 19 heavy (non-hydrogen) atoms. The van der Waals surface area contributed by atoms with Crippen LogP contribution in [0.3, 0.4) is 0 Å². The zero-order chi connectivity index (χ0) is 14.0. The molecule has 0 atom stereocenters. The molecule has 0 aliphatic heterocycles. The molecule has 6 heteroatoms. The lowest BCUT2D eigenvalue weighted by Crippen LogP contribution is -2.18. The number of aryl methyl sites for hydroxylation is 1. The van der Waals surface area contributed by atoms with Gasteiger partial charge in [0.05, 0.1) is 22.0 Å². The minimum Gasteiger partial charge on any atom is -0.398 e. The summed E-state index contributed by atoms with van der Waals surface area (Å²) < 4.78 is 1.37. The summed E-state index contributed by atoms with van der Waals surface area (Å²) in [7, 11) is 1.60. The number of benzene rings is 1. The number of hydrogen-bond donors (Lipinski definition) is 2. The van der Waals surface area contributed by atoms with Gasteiger partial charge in [0.2, 0.25) is 5.56 Å². The zero-order valence-corrected chi connectivity index (χ0v) is 10.9. The first-order chi connectivity index (χ1) is 8.99. The number of halogens is 1. The molecule has 0 unspecified atom stereocenters. The molecule has 0 aliphatic carbocycles. The summed E-state index contributed by atoms with van der Waals surface area (Å²) in [6.45, 7) is 0. The molecule has 98 valence electrons. The van der Waals surface area contributed by atoms with E-state index in [1.165, 1.54) is 22.9 Å². The number of nitrogen functional groups attached to an aromatic ring is 1. The summed E-state index contributed by atoms with van der Waals surface area (Å²) in [6.07, 6.45) is 1.53. The number of amides is 1. The fourth-order valence-corrected chi connectivity index (χ4v) is 1.80. The van der Waals surface area contributed by atoms with Gasteiger partial charge in [-0.3, -0.25) is 9.59 Å². The molecule has 2 aromatic rings. The number of pyridine rings is 1. The van der Waals surface area contributed by atoms with Gasteiger partial charge in [-0.2, -0.15) is 0 Å². The quantitative estimate of drug-likeness (QED) is 0.823. The molecule has 5 nitrogen and oxygen atoms in total. The van der Waals surface area contributed by atoms with Crippen LogP contribution in [0.4, 0.5) is 11.4 Å². The van der Waals surface area contributed by atoms with E-state index in [9.17, 15) is 9.59 Å². The normalized spacial score (nSPS) is 10.2. The van der Waals surface area contributed by atoms with Crippen molar-refractivity contribution in [2.75, 3.05) is 11.1 Å². The van der Waals surface area contributed by atoms with Gasteiger partial charge in [-0.15, -0.1) is 0 Å². The van der Waals surface area contributed by atoms with E-state index < -0.39 is 0 Å². The second kappa shape index (κ2) is 5.16. The Kier molecular flexibility index (Phi) is 3.57. The Morgan fingerprint density at radius 3 is 2.74 bits per heavy atom. The molecule has 0 spiro atoms. The zero-order valence-electron chi connectivity index (χ0n) is 10.2. The van der Waals surface area contributed by atoms with Gasteiger partial charge < -0.3 is 15.6 Å². The van der Waals surface area contributed by atoms with Gasteiger partial charge in [0.25, 0.3) is 5.91 Å². The van der Waals surface area contributed by atoms with Crippen molar-refractivity contribution in [1.82, 2.24) is 4.57 Å². The monoisotopic (exact) mass is 277 g/mol. The van der Waals surface area contributed by atoms with E-state index in [4.69, 9.17) is 17.3 Å². The Hall–Kier alpha value is -2.27. The number of aromatic nitrogens is 1. The molecule has 0 saturated heterocycles. The van der Waals surface area contributed by atoms with Crippen molar-refractivity contribution in [3.63, 3.8) is 0 Å². The van der Waals surface area contributed by atoms with Crippen LogP contribution < -0.4 is 16.6 Å². The average Bonchev–Trinajstić information content (AvgIpc) is 2.37. The molecule has 0 saturated carbocycles. The largest absolute Gasteiger partial charge is 0.398 e. The second-order valence-corrected chi connectivity index (χ2v) is 4.41. The van der Waals surface area contributed by atoms with E-state index in [2.05, 4.69) is 5.32 Å². The fourth-order valence-electron chi connectivity index (χ4n) is 1.59. The van der Waals surface area contributed by atoms with Crippen molar-refractivity contribution in [2.45, 2.75) is 0 Å². The molecule has 1 aromatic heterocycles. The Balaban J connectivity index is 2.28. The van der Waals surface area contributed by atoms with Crippen molar-refractivity contribution in [3.05, 3.63) is 57.5 Å². The minimum atomic E-state index is -0.379. The predicted molar refractivity (Wildman–Crippen MR) is 75.5 cm³/mol. The van der Waals surface area contributed by atoms with Crippen molar-refractivity contribution in [3.8, 4) is 0 Å². The molecule has 1 heterocycles. The Morgan fingerprint density at radius 1 is 1.32 bits per heavy atom. The summed E-state index contributed by atoms with van der Waals surface area (Å²) in [6, 6.07) is 7.75. The van der Waals surface area contributed by atoms with Crippen LogP contribution >= 0.6 is 11.6 Å². The van der Waals surface area contributed by atoms with E-state index in [1.807, 2.05) is 0 Å². The summed E-state index contributed by atoms with van der Waals surface area (Å²) in [4.78, 5) is 23.3. The first kappa shape index (κ1) is 13.2. The summed E-state index contributed by atoms with van der Waals surface area (Å²) >= 11 is 5.97. The molecule has 0 bridgehead atoms. The van der Waals surface area contributed by atoms with Gasteiger partial charge in [0.1, 0.15) is 0 Å². The van der Waals surface area contributed by atoms with Crippen molar-refractivity contribution in [2.24, 2.45) is 7.05 Å². The highest BCUT2D eigenvalue weighted by atomic mass is 35.5. The molecular weight excluding hydrogens is 266 g/mol. The van der Waals surface area contributed by atoms with Crippen LogP contribution in [-0.2, 0) is 7.05 Å². The standard InChI is InChI=1S/C13H12ClN3O2/c1-17-7-8(5-6-11(17)18)16-13(19)9-3-2-4-10(15)12(9)14/h2-7H,15H2,1H3,(H,16,19). The first-order valence-electron chi connectivity index (χ1n) is 5.51. The number of rotatable bonds is 2. The maximum absolute atomic E-state index is 12.0. The van der Waals surface area contributed by atoms with Crippen LogP contribution in [0.25, 0.3) is 0 Å². The third kappa shape index (κ3) is 2.77. The molecule has 3 N–H and O–H groups in total. The fraction of sp³-hybridized carbons (Fsp3) is 0.0769. The van der Waals surface area contributed by atoms with Gasteiger partial charge in [0, 0.05) is 19.3 Å². The summed E-state index contributed by atoms with van der Waals surface area (Å²) in [5.41, 5.74) is 6.62. The molecule has 1 amide bonds. The molecule has 2 rings (SSSR count). The highest BCUT2D eigenvalue weighted by Crippen LogP contribution is 2.23. The molecule has 0 aliphatic rings. The summed E-state index contributed by atoms with van der Waals surface area (Å²) in [5.74, 6) is -0.379. The lowest BCUT2D eigenvalue weighted by molar-refractivity contribution is 0.102. The van der Waals surface area contributed by atoms with Crippen LogP contribution in [0, 0.1) is 0 Å². The van der Waals surface area contributed by atoms with Gasteiger partial charge in [-0.25, -0.2) is 0 Å². The molecule has 0 fully saturated rings. The number of carbonyl (C=O) groups is 1. The predicted octanol–water partition coefficient (Wildman–Crippen LogP) is 1.87. The number of hydrogen-bond acceptors (Lipinski definition) is 3. The lowest BCUT2D eigenvalue weighted by Gasteiger charge is -2.08. The number of nitrogens with zero attached hydrogens (tertiary/aromatic N) is 1. The Labute approximate surface area is 114 Å². The van der Waals surface area contributed by atoms with Crippen molar-refractivity contribution < 1.29 is 4.79 Å². The number of nitrogens with two attached hydrogens (primary N) is 1. The highest BCUT2D eigenvalue weighted by Gasteiger charge is 2.12. The maximum atomic E-state index is 12.0. The number of nitrogens with one attached hydrogen (secondary N) is 1. The molecular formula is C13H12ClN3O2. The van der Waals surface area contributed by atoms with Crippen LogP contribution in [0.15, 0.2) is 41.3 Å². The Bertz CT molecular complexity index is 695. The van der Waals surface area contributed by atoms with E-state index >= 15 is 0 Å². The van der Waals surface area contributed by atoms with Crippen LogP contribution in [0.5, 0.6) is 0 Å². The Morgan fingerprint density at radius 2 is 2.05 bits per heavy atom. The van der Waals surface area contributed by atoms with E-state index in [0.29, 0.717) is 11.4 Å². The lowest BCUT2D eigenvalue weighted by atomic mass is 10.2. The van der Waals surface area contributed by atoms with Gasteiger partial charge in [0.15, 0.2) is 0 Å². The second-order valence-electron chi connectivity index (χ2n) is 4.03. The van der Waals surface area contributed by atoms with E-state index in [1.54, 1.807) is 25.2 Å². The first-order valence-corrected chi connectivity index (χ1v) is 5.89. The minimum absolute atomic E-state index is 0.153. The topological polar surface area (TPSA) is 77.1 Å². The van der Waals surface area contributed by atoms with Crippen molar-refractivity contribution in [1.29, 1.82) is 0 Å². The van der Waals surface area contributed by atoms with E-state index in [0.717, 1.165) is 0 Å². The highest BCUT2D eigenvalue weighted by molar-refractivity contribution is 6.36. The third-order valence-electron chi connectivity index (χ3n) is 2.62. The van der Waals surface area contributed by atoms with E-state index in [-0.39, 0.29) is 22.1 Å². The van der Waals surface area contributed by atoms with Crippen molar-refractivity contribution >= 4 is 28.9 Å².